The van der Waals surface area contributed by atoms with Crippen molar-refractivity contribution in [1.82, 2.24) is 4.90 Å². The highest BCUT2D eigenvalue weighted by Crippen LogP contribution is 2.30. The number of benzene rings is 1. The highest BCUT2D eigenvalue weighted by molar-refractivity contribution is 9.10. The summed E-state index contributed by atoms with van der Waals surface area (Å²) in [6, 6.07) is 7.79. The summed E-state index contributed by atoms with van der Waals surface area (Å²) in [7, 11) is 0. The number of thioether (sulfide) groups is 1. The number of rotatable bonds is 2. The summed E-state index contributed by atoms with van der Waals surface area (Å²) >= 11 is 4.89. The third-order valence-electron chi connectivity index (χ3n) is 2.90. The van der Waals surface area contributed by atoms with Gasteiger partial charge >= 0.3 is 6.09 Å². The average Bonchev–Trinajstić information content (AvgIpc) is 2.34. The molecule has 1 amide bonds. The van der Waals surface area contributed by atoms with Gasteiger partial charge in [0.15, 0.2) is 0 Å². The summed E-state index contributed by atoms with van der Waals surface area (Å²) in [6.07, 6.45) is -0.863. The predicted molar refractivity (Wildman–Crippen MR) is 74.0 cm³/mol. The van der Waals surface area contributed by atoms with E-state index in [2.05, 4.69) is 15.9 Å². The number of carbonyl (C=O) groups is 1. The van der Waals surface area contributed by atoms with Crippen molar-refractivity contribution in [2.24, 2.45) is 0 Å². The van der Waals surface area contributed by atoms with Crippen LogP contribution in [-0.2, 0) is 0 Å². The van der Waals surface area contributed by atoms with Gasteiger partial charge in [0.2, 0.25) is 0 Å². The van der Waals surface area contributed by atoms with Crippen LogP contribution in [0.3, 0.4) is 0 Å². The molecule has 0 bridgehead atoms. The standard InChI is InChI=1S/C12H14BrNO3S/c13-8-1-3-9(4-2-8)18-11-7-14(12(16)17)6-5-10(11)15/h1-4,10-11,15H,5-7H2,(H,16,17). The van der Waals surface area contributed by atoms with Gasteiger partial charge < -0.3 is 15.1 Å². The smallest absolute Gasteiger partial charge is 0.407 e. The Kier molecular flexibility index (Phi) is 4.53. The van der Waals surface area contributed by atoms with E-state index in [0.717, 1.165) is 9.37 Å². The lowest BCUT2D eigenvalue weighted by atomic mass is 10.1. The van der Waals surface area contributed by atoms with Crippen molar-refractivity contribution in [2.75, 3.05) is 13.1 Å². The Hall–Kier alpha value is -0.720. The first kappa shape index (κ1) is 13.7. The molecule has 1 fully saturated rings. The van der Waals surface area contributed by atoms with Crippen molar-refractivity contribution in [3.05, 3.63) is 28.7 Å². The average molecular weight is 332 g/mol. The molecule has 1 aliphatic heterocycles. The third-order valence-corrected chi connectivity index (χ3v) is 4.73. The van der Waals surface area contributed by atoms with Crippen LogP contribution in [-0.4, -0.2) is 45.6 Å². The summed E-state index contributed by atoms with van der Waals surface area (Å²) in [4.78, 5) is 13.3. The third kappa shape index (κ3) is 3.40. The first-order chi connectivity index (χ1) is 8.56. The number of piperidine rings is 1. The number of aliphatic hydroxyl groups is 1. The molecule has 1 aromatic carbocycles. The first-order valence-corrected chi connectivity index (χ1v) is 7.31. The van der Waals surface area contributed by atoms with Crippen LogP contribution in [0, 0.1) is 0 Å². The molecule has 1 aliphatic rings. The van der Waals surface area contributed by atoms with Crippen LogP contribution >= 0.6 is 27.7 Å². The normalized spacial score (nSPS) is 24.0. The topological polar surface area (TPSA) is 60.8 Å². The van der Waals surface area contributed by atoms with Crippen molar-refractivity contribution in [1.29, 1.82) is 0 Å². The fourth-order valence-electron chi connectivity index (χ4n) is 1.88. The molecule has 4 nitrogen and oxygen atoms in total. The second-order valence-electron chi connectivity index (χ2n) is 4.19. The molecule has 0 saturated carbocycles. The zero-order valence-corrected chi connectivity index (χ0v) is 12.0. The number of likely N-dealkylation sites (tertiary alicyclic amines) is 1. The monoisotopic (exact) mass is 331 g/mol. The summed E-state index contributed by atoms with van der Waals surface area (Å²) in [6.45, 7) is 0.783. The zero-order chi connectivity index (χ0) is 13.1. The van der Waals surface area contributed by atoms with E-state index < -0.39 is 12.2 Å². The molecule has 18 heavy (non-hydrogen) atoms. The molecule has 98 valence electrons. The number of amides is 1. The van der Waals surface area contributed by atoms with E-state index in [4.69, 9.17) is 5.11 Å². The molecular weight excluding hydrogens is 318 g/mol. The number of carboxylic acid groups (broad SMARTS) is 1. The van der Waals surface area contributed by atoms with Crippen LogP contribution in [0.15, 0.2) is 33.6 Å². The molecule has 1 heterocycles. The van der Waals surface area contributed by atoms with Crippen LogP contribution in [0.25, 0.3) is 0 Å². The van der Waals surface area contributed by atoms with Crippen molar-refractivity contribution >= 4 is 33.8 Å². The quantitative estimate of drug-likeness (QED) is 0.874. The minimum atomic E-state index is -0.914. The van der Waals surface area contributed by atoms with Crippen molar-refractivity contribution in [2.45, 2.75) is 22.7 Å². The second kappa shape index (κ2) is 5.95. The zero-order valence-electron chi connectivity index (χ0n) is 9.62. The van der Waals surface area contributed by atoms with Gasteiger partial charge in [-0.15, -0.1) is 11.8 Å². The number of halogens is 1. The van der Waals surface area contributed by atoms with Crippen molar-refractivity contribution in [3.63, 3.8) is 0 Å². The van der Waals surface area contributed by atoms with E-state index in [1.807, 2.05) is 24.3 Å². The van der Waals surface area contributed by atoms with Crippen LogP contribution in [0.1, 0.15) is 6.42 Å². The van der Waals surface area contributed by atoms with Crippen LogP contribution in [0.2, 0.25) is 0 Å². The maximum absolute atomic E-state index is 10.9. The lowest BCUT2D eigenvalue weighted by Crippen LogP contribution is -2.47. The van der Waals surface area contributed by atoms with Gasteiger partial charge in [-0.2, -0.15) is 0 Å². The molecular formula is C12H14BrNO3S. The molecule has 0 radical (unpaired) electrons. The number of nitrogens with zero attached hydrogens (tertiary/aromatic N) is 1. The van der Waals surface area contributed by atoms with E-state index in [-0.39, 0.29) is 5.25 Å². The summed E-state index contributed by atoms with van der Waals surface area (Å²) in [5, 5.41) is 18.8. The Morgan fingerprint density at radius 1 is 1.39 bits per heavy atom. The van der Waals surface area contributed by atoms with Gasteiger partial charge in [0.25, 0.3) is 0 Å². The summed E-state index contributed by atoms with van der Waals surface area (Å²) < 4.78 is 1.00. The van der Waals surface area contributed by atoms with Gasteiger partial charge in [0, 0.05) is 22.5 Å². The molecule has 2 rings (SSSR count). The van der Waals surface area contributed by atoms with E-state index >= 15 is 0 Å². The predicted octanol–water partition coefficient (Wildman–Crippen LogP) is 2.65. The lowest BCUT2D eigenvalue weighted by Gasteiger charge is -2.34. The van der Waals surface area contributed by atoms with Gasteiger partial charge in [0.1, 0.15) is 0 Å². The Balaban J connectivity index is 2.02. The molecule has 2 unspecified atom stereocenters. The van der Waals surface area contributed by atoms with Crippen molar-refractivity contribution in [3.8, 4) is 0 Å². The van der Waals surface area contributed by atoms with E-state index in [1.54, 1.807) is 0 Å². The SMILES string of the molecule is O=C(O)N1CCC(O)C(Sc2ccc(Br)cc2)C1. The Morgan fingerprint density at radius 3 is 2.67 bits per heavy atom. The molecule has 0 aromatic heterocycles. The van der Waals surface area contributed by atoms with Gasteiger partial charge in [-0.3, -0.25) is 0 Å². The Morgan fingerprint density at radius 2 is 2.06 bits per heavy atom. The summed E-state index contributed by atoms with van der Waals surface area (Å²) in [5.41, 5.74) is 0. The molecule has 1 saturated heterocycles. The molecule has 0 aliphatic carbocycles. The van der Waals surface area contributed by atoms with Crippen LogP contribution in [0.4, 0.5) is 4.79 Å². The molecule has 2 N–H and O–H groups in total. The second-order valence-corrected chi connectivity index (χ2v) is 6.42. The van der Waals surface area contributed by atoms with E-state index in [0.29, 0.717) is 19.5 Å². The van der Waals surface area contributed by atoms with Gasteiger partial charge in [0.05, 0.1) is 11.4 Å². The highest BCUT2D eigenvalue weighted by Gasteiger charge is 2.30. The Bertz CT molecular complexity index is 426. The maximum atomic E-state index is 10.9. The first-order valence-electron chi connectivity index (χ1n) is 5.64. The van der Waals surface area contributed by atoms with Gasteiger partial charge in [-0.1, -0.05) is 15.9 Å². The van der Waals surface area contributed by atoms with Gasteiger partial charge in [-0.05, 0) is 30.7 Å². The number of hydrogen-bond acceptors (Lipinski definition) is 3. The van der Waals surface area contributed by atoms with Gasteiger partial charge in [-0.25, -0.2) is 4.79 Å². The van der Waals surface area contributed by atoms with Crippen LogP contribution < -0.4 is 0 Å². The largest absolute Gasteiger partial charge is 0.465 e. The highest BCUT2D eigenvalue weighted by atomic mass is 79.9. The fraction of sp³-hybridized carbons (Fsp3) is 0.417. The summed E-state index contributed by atoms with van der Waals surface area (Å²) in [5.74, 6) is 0. The fourth-order valence-corrected chi connectivity index (χ4v) is 3.34. The number of hydrogen-bond donors (Lipinski definition) is 2. The lowest BCUT2D eigenvalue weighted by molar-refractivity contribution is 0.0819. The Labute approximate surface area is 118 Å². The van der Waals surface area contributed by atoms with Crippen molar-refractivity contribution < 1.29 is 15.0 Å². The molecule has 1 aromatic rings. The van der Waals surface area contributed by atoms with E-state index in [9.17, 15) is 9.90 Å². The van der Waals surface area contributed by atoms with E-state index in [1.165, 1.54) is 16.7 Å². The molecule has 0 spiro atoms. The maximum Gasteiger partial charge on any atom is 0.407 e. The van der Waals surface area contributed by atoms with Crippen LogP contribution in [0.5, 0.6) is 0 Å². The molecule has 2 atom stereocenters. The number of aliphatic hydroxyl groups excluding tert-OH is 1. The minimum Gasteiger partial charge on any atom is -0.465 e. The molecule has 6 heteroatoms. The minimum absolute atomic E-state index is 0.101.